The predicted molar refractivity (Wildman–Crippen MR) is 162 cm³/mol. The van der Waals surface area contributed by atoms with Crippen LogP contribution in [0.2, 0.25) is 0 Å². The summed E-state index contributed by atoms with van der Waals surface area (Å²) in [5.74, 6) is -1.82. The van der Waals surface area contributed by atoms with Crippen LogP contribution in [0.3, 0.4) is 0 Å². The van der Waals surface area contributed by atoms with Crippen LogP contribution < -0.4 is 10.6 Å². The largest absolute Gasteiger partial charge is 0.463 e. The number of ether oxygens (including phenoxy) is 1. The summed E-state index contributed by atoms with van der Waals surface area (Å²) in [4.78, 5) is 39.7. The molecule has 42 heavy (non-hydrogen) atoms. The predicted octanol–water partition coefficient (Wildman–Crippen LogP) is 4.19. The van der Waals surface area contributed by atoms with Gasteiger partial charge in [-0.25, -0.2) is 0 Å². The molecule has 0 aromatic heterocycles. The van der Waals surface area contributed by atoms with Crippen LogP contribution in [0.5, 0.6) is 0 Å². The first-order chi connectivity index (χ1) is 20.5. The molecule has 2 amide bonds. The van der Waals surface area contributed by atoms with Gasteiger partial charge in [-0.3, -0.25) is 14.4 Å². The molecule has 0 unspecified atom stereocenters. The number of benzene rings is 3. The molecule has 3 aromatic carbocycles. The Kier molecular flexibility index (Phi) is 11.9. The van der Waals surface area contributed by atoms with Gasteiger partial charge in [0, 0.05) is 6.42 Å². The Balaban J connectivity index is 1.48. The molecule has 0 saturated carbocycles. The number of amides is 2. The molecule has 0 saturated heterocycles. The minimum absolute atomic E-state index is 0.0211. The highest BCUT2D eigenvalue weighted by Gasteiger charge is 2.27. The zero-order chi connectivity index (χ0) is 29.6. The first kappa shape index (κ1) is 30.7. The van der Waals surface area contributed by atoms with Gasteiger partial charge in [0.1, 0.15) is 6.61 Å². The molecule has 0 bridgehead atoms. The number of cyclic esters (lactones) is 1. The van der Waals surface area contributed by atoms with E-state index in [0.717, 1.165) is 16.7 Å². The van der Waals surface area contributed by atoms with E-state index in [9.17, 15) is 19.5 Å². The van der Waals surface area contributed by atoms with Gasteiger partial charge in [-0.1, -0.05) is 103 Å². The normalized spacial score (nSPS) is 20.4. The number of rotatable bonds is 10. The number of aliphatic hydroxyl groups is 1. The summed E-state index contributed by atoms with van der Waals surface area (Å²) in [6.45, 7) is -0.165. The summed E-state index contributed by atoms with van der Waals surface area (Å²) in [5, 5.41) is 15.8. The Morgan fingerprint density at radius 1 is 0.810 bits per heavy atom. The molecule has 1 aliphatic rings. The summed E-state index contributed by atoms with van der Waals surface area (Å²) in [6, 6.07) is 28.3. The molecule has 0 radical (unpaired) electrons. The smallest absolute Gasteiger partial charge is 0.309 e. The molecule has 4 rings (SSSR count). The van der Waals surface area contributed by atoms with E-state index in [-0.39, 0.29) is 43.3 Å². The van der Waals surface area contributed by atoms with Crippen LogP contribution in [0.4, 0.5) is 0 Å². The number of esters is 1. The average molecular weight is 569 g/mol. The molecule has 0 aliphatic carbocycles. The van der Waals surface area contributed by atoms with Crippen molar-refractivity contribution in [3.63, 3.8) is 0 Å². The number of allylic oxidation sites excluding steroid dienone is 2. The van der Waals surface area contributed by atoms with Gasteiger partial charge in [-0.2, -0.15) is 0 Å². The van der Waals surface area contributed by atoms with Crippen LogP contribution in [-0.2, 0) is 38.4 Å². The van der Waals surface area contributed by atoms with Gasteiger partial charge in [0.05, 0.1) is 30.5 Å². The van der Waals surface area contributed by atoms with Gasteiger partial charge in [-0.15, -0.1) is 0 Å². The average Bonchev–Trinajstić information content (AvgIpc) is 3.01. The SMILES string of the molecule is O=C(C[C@H]1CC=CC[C@@H](Cc2ccccc2)C(=O)OC[C@@H](Cc2ccccc2)NC1=O)N[C@H](CO)Cc1ccccc1. The molecule has 0 spiro atoms. The Labute approximate surface area is 248 Å². The third-order valence-corrected chi connectivity index (χ3v) is 7.48. The quantitative estimate of drug-likeness (QED) is 0.251. The van der Waals surface area contributed by atoms with Crippen LogP contribution in [0, 0.1) is 11.8 Å². The monoisotopic (exact) mass is 568 g/mol. The number of hydrogen-bond acceptors (Lipinski definition) is 5. The summed E-state index contributed by atoms with van der Waals surface area (Å²) in [7, 11) is 0. The van der Waals surface area contributed by atoms with Crippen LogP contribution in [0.25, 0.3) is 0 Å². The Hall–Kier alpha value is -4.23. The van der Waals surface area contributed by atoms with Gasteiger partial charge in [0.2, 0.25) is 11.8 Å². The lowest BCUT2D eigenvalue weighted by atomic mass is 9.94. The molecule has 7 heteroatoms. The van der Waals surface area contributed by atoms with Crippen LogP contribution >= 0.6 is 0 Å². The second kappa shape index (κ2) is 16.3. The number of aliphatic hydroxyl groups excluding tert-OH is 1. The number of carbonyl (C=O) groups excluding carboxylic acids is 3. The Morgan fingerprint density at radius 2 is 1.36 bits per heavy atom. The van der Waals surface area contributed by atoms with Crippen molar-refractivity contribution in [3.05, 3.63) is 120 Å². The molecular weight excluding hydrogens is 528 g/mol. The fourth-order valence-corrected chi connectivity index (χ4v) is 5.21. The first-order valence-electron chi connectivity index (χ1n) is 14.6. The molecule has 1 heterocycles. The highest BCUT2D eigenvalue weighted by molar-refractivity contribution is 5.86. The van der Waals surface area contributed by atoms with E-state index in [4.69, 9.17) is 4.74 Å². The Morgan fingerprint density at radius 3 is 1.95 bits per heavy atom. The second-order valence-corrected chi connectivity index (χ2v) is 10.9. The van der Waals surface area contributed by atoms with Crippen LogP contribution in [0.15, 0.2) is 103 Å². The van der Waals surface area contributed by atoms with Crippen molar-refractivity contribution in [2.24, 2.45) is 11.8 Å². The van der Waals surface area contributed by atoms with Gasteiger partial charge >= 0.3 is 5.97 Å². The van der Waals surface area contributed by atoms with Gasteiger partial charge in [-0.05, 0) is 48.8 Å². The van der Waals surface area contributed by atoms with Crippen molar-refractivity contribution in [1.29, 1.82) is 0 Å². The minimum Gasteiger partial charge on any atom is -0.463 e. The number of nitrogens with one attached hydrogen (secondary N) is 2. The topological polar surface area (TPSA) is 105 Å². The highest BCUT2D eigenvalue weighted by atomic mass is 16.5. The maximum absolute atomic E-state index is 13.5. The van der Waals surface area contributed by atoms with Crippen LogP contribution in [-0.4, -0.2) is 48.2 Å². The minimum atomic E-state index is -0.613. The molecular formula is C35H40N2O5. The molecule has 1 aliphatic heterocycles. The number of hydrogen-bond donors (Lipinski definition) is 3. The molecule has 0 fully saturated rings. The zero-order valence-electron chi connectivity index (χ0n) is 23.9. The standard InChI is InChI=1S/C35H40N2O5/c38-24-31(21-27-14-6-2-7-15-27)36-33(39)23-29-18-10-11-19-30(20-26-12-4-1-5-13-26)35(41)42-25-32(37-34(29)40)22-28-16-8-3-9-17-28/h1-17,29-32,38H,18-25H2,(H,36,39)(H,37,40)/t29-,30+,31+,32-/m1/s1. The van der Waals surface area contributed by atoms with Gasteiger partial charge < -0.3 is 20.5 Å². The summed E-state index contributed by atoms with van der Waals surface area (Å²) in [6.07, 6.45) is 6.12. The van der Waals surface area contributed by atoms with Crippen molar-refractivity contribution in [3.8, 4) is 0 Å². The van der Waals surface area contributed by atoms with E-state index in [1.165, 1.54) is 0 Å². The van der Waals surface area contributed by atoms with Crippen molar-refractivity contribution in [2.75, 3.05) is 13.2 Å². The number of carbonyl (C=O) groups is 3. The van der Waals surface area contributed by atoms with E-state index in [1.54, 1.807) is 0 Å². The third kappa shape index (κ3) is 10.00. The molecule has 7 nitrogen and oxygen atoms in total. The third-order valence-electron chi connectivity index (χ3n) is 7.48. The lowest BCUT2D eigenvalue weighted by Crippen LogP contribution is -2.46. The Bertz CT molecular complexity index is 1300. The van der Waals surface area contributed by atoms with Crippen molar-refractivity contribution in [1.82, 2.24) is 10.6 Å². The van der Waals surface area contributed by atoms with Crippen molar-refractivity contribution >= 4 is 17.8 Å². The second-order valence-electron chi connectivity index (χ2n) is 10.9. The molecule has 3 aromatic rings. The molecule has 220 valence electrons. The van der Waals surface area contributed by atoms with Gasteiger partial charge in [0.25, 0.3) is 0 Å². The molecule has 3 N–H and O–H groups in total. The van der Waals surface area contributed by atoms with E-state index >= 15 is 0 Å². The zero-order valence-corrected chi connectivity index (χ0v) is 23.9. The first-order valence-corrected chi connectivity index (χ1v) is 14.6. The molecule has 4 atom stereocenters. The fraction of sp³-hybridized carbons (Fsp3) is 0.343. The lowest BCUT2D eigenvalue weighted by Gasteiger charge is -2.25. The summed E-state index contributed by atoms with van der Waals surface area (Å²) >= 11 is 0. The van der Waals surface area contributed by atoms with Crippen molar-refractivity contribution < 1.29 is 24.2 Å². The maximum atomic E-state index is 13.5. The van der Waals surface area contributed by atoms with E-state index in [1.807, 2.05) is 103 Å². The van der Waals surface area contributed by atoms with E-state index in [0.29, 0.717) is 32.1 Å². The van der Waals surface area contributed by atoms with Crippen LogP contribution in [0.1, 0.15) is 36.0 Å². The van der Waals surface area contributed by atoms with Gasteiger partial charge in [0.15, 0.2) is 0 Å². The van der Waals surface area contributed by atoms with Crippen molar-refractivity contribution in [2.45, 2.75) is 50.6 Å². The summed E-state index contributed by atoms with van der Waals surface area (Å²) < 4.78 is 5.78. The highest BCUT2D eigenvalue weighted by Crippen LogP contribution is 2.19. The maximum Gasteiger partial charge on any atom is 0.309 e. The lowest BCUT2D eigenvalue weighted by molar-refractivity contribution is -0.150. The summed E-state index contributed by atoms with van der Waals surface area (Å²) in [5.41, 5.74) is 3.07. The fourth-order valence-electron chi connectivity index (χ4n) is 5.21. The van der Waals surface area contributed by atoms with E-state index < -0.39 is 18.0 Å². The van der Waals surface area contributed by atoms with E-state index in [2.05, 4.69) is 10.6 Å².